The van der Waals surface area contributed by atoms with E-state index in [0.29, 0.717) is 10.7 Å². The summed E-state index contributed by atoms with van der Waals surface area (Å²) in [4.78, 5) is 24.7. The van der Waals surface area contributed by atoms with Crippen molar-refractivity contribution >= 4 is 17.5 Å². The van der Waals surface area contributed by atoms with Crippen LogP contribution in [0.2, 0.25) is 5.02 Å². The second kappa shape index (κ2) is 7.18. The van der Waals surface area contributed by atoms with E-state index in [1.807, 2.05) is 0 Å². The van der Waals surface area contributed by atoms with Crippen molar-refractivity contribution < 1.29 is 4.79 Å². The van der Waals surface area contributed by atoms with Gasteiger partial charge >= 0.3 is 0 Å². The Hall–Kier alpha value is -2.14. The summed E-state index contributed by atoms with van der Waals surface area (Å²) in [5.74, 6) is -0.394. The number of hydrogen-bond acceptors (Lipinski definition) is 3. The number of rotatable bonds is 3. The lowest BCUT2D eigenvalue weighted by molar-refractivity contribution is 0.0919. The minimum absolute atomic E-state index is 0.0684. The van der Waals surface area contributed by atoms with Crippen LogP contribution in [0, 0.1) is 6.92 Å². The molecule has 1 amide bonds. The highest BCUT2D eigenvalue weighted by Crippen LogP contribution is 2.18. The van der Waals surface area contributed by atoms with E-state index >= 15 is 0 Å². The van der Waals surface area contributed by atoms with Gasteiger partial charge < -0.3 is 5.32 Å². The maximum atomic E-state index is 12.5. The lowest BCUT2D eigenvalue weighted by Gasteiger charge is -2.22. The summed E-state index contributed by atoms with van der Waals surface area (Å²) in [7, 11) is 0. The van der Waals surface area contributed by atoms with E-state index in [0.717, 1.165) is 31.4 Å². The molecule has 1 aliphatic carbocycles. The number of aryl methyl sites for hydroxylation is 1. The average Bonchev–Trinajstić information content (AvgIpc) is 2.57. The highest BCUT2D eigenvalue weighted by molar-refractivity contribution is 6.30. The van der Waals surface area contributed by atoms with Crippen molar-refractivity contribution in [3.8, 4) is 5.69 Å². The quantitative estimate of drug-likeness (QED) is 0.928. The molecule has 0 aliphatic heterocycles. The molecular weight excluding hydrogens is 326 g/mol. The number of benzene rings is 1. The van der Waals surface area contributed by atoms with Crippen molar-refractivity contribution in [2.75, 3.05) is 0 Å². The normalized spacial score (nSPS) is 15.2. The Labute approximate surface area is 145 Å². The molecule has 1 heterocycles. The number of carbonyl (C=O) groups is 1. The van der Waals surface area contributed by atoms with Crippen molar-refractivity contribution in [2.24, 2.45) is 0 Å². The van der Waals surface area contributed by atoms with Crippen LogP contribution < -0.4 is 10.7 Å². The first kappa shape index (κ1) is 16.7. The van der Waals surface area contributed by atoms with E-state index in [2.05, 4.69) is 10.4 Å². The minimum atomic E-state index is -0.394. The molecule has 0 spiro atoms. The Balaban J connectivity index is 1.90. The minimum Gasteiger partial charge on any atom is -0.348 e. The lowest BCUT2D eigenvalue weighted by Crippen LogP contribution is -2.39. The van der Waals surface area contributed by atoms with Crippen LogP contribution in [0.25, 0.3) is 5.69 Å². The summed E-state index contributed by atoms with van der Waals surface area (Å²) >= 11 is 5.91. The Morgan fingerprint density at radius 2 is 1.88 bits per heavy atom. The summed E-state index contributed by atoms with van der Waals surface area (Å²) in [5.41, 5.74) is 0.993. The van der Waals surface area contributed by atoms with Crippen molar-refractivity contribution in [3.05, 3.63) is 57.0 Å². The number of nitrogens with one attached hydrogen (secondary N) is 1. The molecule has 6 heteroatoms. The van der Waals surface area contributed by atoms with E-state index < -0.39 is 5.91 Å². The molecule has 0 atom stereocenters. The van der Waals surface area contributed by atoms with Crippen molar-refractivity contribution in [1.82, 2.24) is 15.1 Å². The van der Waals surface area contributed by atoms with Gasteiger partial charge in [-0.1, -0.05) is 30.9 Å². The largest absolute Gasteiger partial charge is 0.348 e. The molecule has 24 heavy (non-hydrogen) atoms. The zero-order valence-electron chi connectivity index (χ0n) is 13.6. The molecule has 1 aliphatic rings. The van der Waals surface area contributed by atoms with Gasteiger partial charge in [0.2, 0.25) is 5.43 Å². The van der Waals surface area contributed by atoms with E-state index in [9.17, 15) is 9.59 Å². The number of aromatic nitrogens is 2. The molecule has 5 nitrogen and oxygen atoms in total. The van der Waals surface area contributed by atoms with Crippen LogP contribution in [0.15, 0.2) is 35.1 Å². The zero-order chi connectivity index (χ0) is 17.1. The number of hydrogen-bond donors (Lipinski definition) is 1. The Morgan fingerprint density at radius 1 is 1.21 bits per heavy atom. The van der Waals surface area contributed by atoms with Crippen LogP contribution in [-0.2, 0) is 0 Å². The molecule has 1 N–H and O–H groups in total. The summed E-state index contributed by atoms with van der Waals surface area (Å²) in [6.07, 6.45) is 5.35. The standard InChI is InChI=1S/C18H20ClN3O2/c1-12-11-16(23)17(18(24)20-14-5-3-2-4-6-14)21-22(12)15-9-7-13(19)8-10-15/h7-11,14H,2-6H2,1H3,(H,20,24). The molecule has 126 valence electrons. The molecule has 0 unspecified atom stereocenters. The third kappa shape index (κ3) is 3.67. The predicted molar refractivity (Wildman–Crippen MR) is 93.9 cm³/mol. The van der Waals surface area contributed by atoms with Crippen LogP contribution in [0.5, 0.6) is 0 Å². The van der Waals surface area contributed by atoms with Crippen molar-refractivity contribution in [1.29, 1.82) is 0 Å². The molecule has 2 aromatic rings. The molecule has 1 fully saturated rings. The maximum absolute atomic E-state index is 12.5. The molecule has 1 aromatic carbocycles. The number of amides is 1. The maximum Gasteiger partial charge on any atom is 0.276 e. The van der Waals surface area contributed by atoms with Gasteiger partial charge in [0.25, 0.3) is 5.91 Å². The van der Waals surface area contributed by atoms with Gasteiger partial charge in [0.1, 0.15) is 0 Å². The highest BCUT2D eigenvalue weighted by atomic mass is 35.5. The van der Waals surface area contributed by atoms with Crippen LogP contribution in [-0.4, -0.2) is 21.7 Å². The molecule has 0 saturated heterocycles. The van der Waals surface area contributed by atoms with Gasteiger partial charge in [-0.05, 0) is 44.0 Å². The van der Waals surface area contributed by atoms with Gasteiger partial charge in [-0.2, -0.15) is 5.10 Å². The smallest absolute Gasteiger partial charge is 0.276 e. The second-order valence-electron chi connectivity index (χ2n) is 6.20. The monoisotopic (exact) mass is 345 g/mol. The molecule has 3 rings (SSSR count). The van der Waals surface area contributed by atoms with E-state index in [-0.39, 0.29) is 17.2 Å². The first-order valence-corrected chi connectivity index (χ1v) is 8.60. The lowest BCUT2D eigenvalue weighted by atomic mass is 9.95. The SMILES string of the molecule is Cc1cc(=O)c(C(=O)NC2CCCCC2)nn1-c1ccc(Cl)cc1. The topological polar surface area (TPSA) is 64.0 Å². The summed E-state index contributed by atoms with van der Waals surface area (Å²) < 4.78 is 1.59. The molecule has 1 aromatic heterocycles. The first-order chi connectivity index (χ1) is 11.5. The third-order valence-electron chi connectivity index (χ3n) is 4.33. The van der Waals surface area contributed by atoms with Gasteiger partial charge in [0.05, 0.1) is 5.69 Å². The molecule has 1 saturated carbocycles. The van der Waals surface area contributed by atoms with Crippen LogP contribution in [0.3, 0.4) is 0 Å². The van der Waals surface area contributed by atoms with Crippen LogP contribution in [0.1, 0.15) is 48.3 Å². The number of halogens is 1. The van der Waals surface area contributed by atoms with Gasteiger partial charge in [0.15, 0.2) is 5.69 Å². The van der Waals surface area contributed by atoms with Gasteiger partial charge in [-0.25, -0.2) is 4.68 Å². The van der Waals surface area contributed by atoms with Crippen molar-refractivity contribution in [2.45, 2.75) is 45.1 Å². The second-order valence-corrected chi connectivity index (χ2v) is 6.63. The Morgan fingerprint density at radius 3 is 2.54 bits per heavy atom. The number of nitrogens with zero attached hydrogens (tertiary/aromatic N) is 2. The fourth-order valence-corrected chi connectivity index (χ4v) is 3.18. The fraction of sp³-hybridized carbons (Fsp3) is 0.389. The summed E-state index contributed by atoms with van der Waals surface area (Å²) in [6, 6.07) is 8.68. The third-order valence-corrected chi connectivity index (χ3v) is 4.59. The van der Waals surface area contributed by atoms with Gasteiger partial charge in [-0.3, -0.25) is 9.59 Å². The summed E-state index contributed by atoms with van der Waals surface area (Å²) in [5, 5.41) is 7.85. The zero-order valence-corrected chi connectivity index (χ0v) is 14.3. The van der Waals surface area contributed by atoms with Gasteiger partial charge in [-0.15, -0.1) is 0 Å². The van der Waals surface area contributed by atoms with Crippen molar-refractivity contribution in [3.63, 3.8) is 0 Å². The first-order valence-electron chi connectivity index (χ1n) is 8.22. The summed E-state index contributed by atoms with van der Waals surface area (Å²) in [6.45, 7) is 1.78. The molecular formula is C18H20ClN3O2. The fourth-order valence-electron chi connectivity index (χ4n) is 3.05. The molecule has 0 radical (unpaired) electrons. The predicted octanol–water partition coefficient (Wildman–Crippen LogP) is 3.26. The Bertz CT molecular complexity index is 793. The van der Waals surface area contributed by atoms with Gasteiger partial charge in [0, 0.05) is 22.8 Å². The average molecular weight is 346 g/mol. The Kier molecular flexibility index (Phi) is 5.00. The van der Waals surface area contributed by atoms with Crippen LogP contribution >= 0.6 is 11.6 Å². The van der Waals surface area contributed by atoms with E-state index in [1.54, 1.807) is 35.9 Å². The highest BCUT2D eigenvalue weighted by Gasteiger charge is 2.20. The molecule has 0 bridgehead atoms. The van der Waals surface area contributed by atoms with E-state index in [4.69, 9.17) is 11.6 Å². The van der Waals surface area contributed by atoms with E-state index in [1.165, 1.54) is 12.5 Å². The number of carbonyl (C=O) groups excluding carboxylic acids is 1. The van der Waals surface area contributed by atoms with Crippen LogP contribution in [0.4, 0.5) is 0 Å².